The fraction of sp³-hybridized carbons (Fsp3) is 0.364. The smallest absolute Gasteiger partial charge is 0.310 e. The van der Waals surface area contributed by atoms with Crippen LogP contribution in [0.25, 0.3) is 0 Å². The molecule has 0 aliphatic rings. The Bertz CT molecular complexity index is 478. The third kappa shape index (κ3) is 3.49. The van der Waals surface area contributed by atoms with Crippen molar-refractivity contribution < 1.29 is 18.8 Å². The van der Waals surface area contributed by atoms with Gasteiger partial charge in [-0.1, -0.05) is 15.9 Å². The number of nitro benzene ring substituents is 1. The highest BCUT2D eigenvalue weighted by atomic mass is 79.9. The molecule has 0 heterocycles. The number of ether oxygens (including phenoxy) is 1. The average molecular weight is 320 g/mol. The molecular weight excluding hydrogens is 309 g/mol. The quantitative estimate of drug-likeness (QED) is 0.362. The number of nitrogens with zero attached hydrogens (tertiary/aromatic N) is 1. The van der Waals surface area contributed by atoms with E-state index in [0.717, 1.165) is 12.1 Å². The standard InChI is InChI=1S/C11H11BrFNO4/c1-2-18-11(15)5-9-7(6-12)3-8(13)4-10(9)14(16)17/h3-4H,2,5-6H2,1H3. The van der Waals surface area contributed by atoms with Gasteiger partial charge in [-0.15, -0.1) is 0 Å². The molecule has 0 atom stereocenters. The Morgan fingerprint density at radius 1 is 1.56 bits per heavy atom. The normalized spacial score (nSPS) is 10.2. The van der Waals surface area contributed by atoms with Crippen LogP contribution in [0.1, 0.15) is 18.1 Å². The fourth-order valence-corrected chi connectivity index (χ4v) is 2.02. The minimum Gasteiger partial charge on any atom is -0.466 e. The summed E-state index contributed by atoms with van der Waals surface area (Å²) in [5.74, 6) is -1.28. The van der Waals surface area contributed by atoms with Gasteiger partial charge in [-0.05, 0) is 18.6 Å². The fourth-order valence-electron chi connectivity index (χ4n) is 1.52. The number of esters is 1. The molecule has 98 valence electrons. The van der Waals surface area contributed by atoms with Crippen LogP contribution in [-0.2, 0) is 21.3 Å². The molecule has 1 rings (SSSR count). The second-order valence-corrected chi connectivity index (χ2v) is 4.00. The molecule has 0 radical (unpaired) electrons. The molecule has 0 N–H and O–H groups in total. The largest absolute Gasteiger partial charge is 0.466 e. The van der Waals surface area contributed by atoms with Crippen LogP contribution < -0.4 is 0 Å². The zero-order valence-corrected chi connectivity index (χ0v) is 11.2. The van der Waals surface area contributed by atoms with E-state index in [1.54, 1.807) is 6.92 Å². The van der Waals surface area contributed by atoms with Crippen molar-refractivity contribution in [3.05, 3.63) is 39.2 Å². The van der Waals surface area contributed by atoms with Gasteiger partial charge in [-0.2, -0.15) is 0 Å². The molecule has 0 fully saturated rings. The van der Waals surface area contributed by atoms with E-state index in [9.17, 15) is 19.3 Å². The number of halogens is 2. The summed E-state index contributed by atoms with van der Waals surface area (Å²) in [5.41, 5.74) is 0.143. The van der Waals surface area contributed by atoms with Gasteiger partial charge < -0.3 is 4.74 Å². The Labute approximate surface area is 111 Å². The van der Waals surface area contributed by atoms with Crippen LogP contribution in [0.15, 0.2) is 12.1 Å². The number of benzene rings is 1. The van der Waals surface area contributed by atoms with E-state index >= 15 is 0 Å². The highest BCUT2D eigenvalue weighted by Crippen LogP contribution is 2.26. The summed E-state index contributed by atoms with van der Waals surface area (Å²) in [6.45, 7) is 1.83. The Morgan fingerprint density at radius 2 is 2.22 bits per heavy atom. The molecule has 0 spiro atoms. The number of alkyl halides is 1. The molecule has 18 heavy (non-hydrogen) atoms. The zero-order valence-electron chi connectivity index (χ0n) is 9.61. The number of carbonyl (C=O) groups excluding carboxylic acids is 1. The molecule has 0 aliphatic carbocycles. The van der Waals surface area contributed by atoms with Gasteiger partial charge in [0.2, 0.25) is 0 Å². The Morgan fingerprint density at radius 3 is 2.72 bits per heavy atom. The second-order valence-electron chi connectivity index (χ2n) is 3.44. The number of hydrogen-bond donors (Lipinski definition) is 0. The molecule has 5 nitrogen and oxygen atoms in total. The molecular formula is C11H11BrFNO4. The van der Waals surface area contributed by atoms with Gasteiger partial charge in [-0.3, -0.25) is 14.9 Å². The Kier molecular flexibility index (Phi) is 5.21. The summed E-state index contributed by atoms with van der Waals surface area (Å²) in [7, 11) is 0. The van der Waals surface area contributed by atoms with E-state index in [0.29, 0.717) is 5.56 Å². The van der Waals surface area contributed by atoms with Crippen molar-refractivity contribution in [3.63, 3.8) is 0 Å². The van der Waals surface area contributed by atoms with Crippen molar-refractivity contribution in [3.8, 4) is 0 Å². The van der Waals surface area contributed by atoms with Gasteiger partial charge in [0.15, 0.2) is 0 Å². The molecule has 0 bridgehead atoms. The van der Waals surface area contributed by atoms with E-state index in [1.807, 2.05) is 0 Å². The Hall–Kier alpha value is -1.50. The lowest BCUT2D eigenvalue weighted by molar-refractivity contribution is -0.385. The summed E-state index contributed by atoms with van der Waals surface area (Å²) in [4.78, 5) is 21.5. The lowest BCUT2D eigenvalue weighted by Gasteiger charge is -2.08. The van der Waals surface area contributed by atoms with Crippen LogP contribution >= 0.6 is 15.9 Å². The van der Waals surface area contributed by atoms with Crippen LogP contribution in [0.5, 0.6) is 0 Å². The van der Waals surface area contributed by atoms with E-state index in [4.69, 9.17) is 4.74 Å². The highest BCUT2D eigenvalue weighted by molar-refractivity contribution is 9.08. The minimum absolute atomic E-state index is 0.178. The molecule has 7 heteroatoms. The lowest BCUT2D eigenvalue weighted by atomic mass is 10.0. The Balaban J connectivity index is 3.21. The summed E-state index contributed by atoms with van der Waals surface area (Å²) in [5, 5.41) is 11.1. The summed E-state index contributed by atoms with van der Waals surface area (Å²) in [6, 6.07) is 1.97. The maximum atomic E-state index is 13.2. The first-order valence-corrected chi connectivity index (χ1v) is 6.29. The highest BCUT2D eigenvalue weighted by Gasteiger charge is 2.22. The van der Waals surface area contributed by atoms with Gasteiger partial charge in [0, 0.05) is 10.9 Å². The monoisotopic (exact) mass is 319 g/mol. The summed E-state index contributed by atoms with van der Waals surface area (Å²) in [6.07, 6.45) is -0.245. The molecule has 0 amide bonds. The summed E-state index contributed by atoms with van der Waals surface area (Å²) >= 11 is 3.11. The molecule has 0 aliphatic heterocycles. The van der Waals surface area contributed by atoms with Crippen LogP contribution in [-0.4, -0.2) is 17.5 Å². The topological polar surface area (TPSA) is 69.4 Å². The maximum Gasteiger partial charge on any atom is 0.310 e. The summed E-state index contributed by atoms with van der Waals surface area (Å²) < 4.78 is 17.9. The molecule has 1 aromatic carbocycles. The van der Waals surface area contributed by atoms with Crippen LogP contribution in [0, 0.1) is 15.9 Å². The van der Waals surface area contributed by atoms with E-state index in [2.05, 4.69) is 15.9 Å². The second kappa shape index (κ2) is 6.44. The van der Waals surface area contributed by atoms with Crippen molar-refractivity contribution in [2.75, 3.05) is 6.61 Å². The van der Waals surface area contributed by atoms with Gasteiger partial charge in [0.05, 0.1) is 24.0 Å². The number of rotatable bonds is 5. The zero-order chi connectivity index (χ0) is 13.7. The van der Waals surface area contributed by atoms with Crippen molar-refractivity contribution in [1.29, 1.82) is 0 Å². The van der Waals surface area contributed by atoms with E-state index < -0.39 is 22.4 Å². The third-order valence-electron chi connectivity index (χ3n) is 2.25. The SMILES string of the molecule is CCOC(=O)Cc1c(CBr)cc(F)cc1[N+](=O)[O-]. The minimum atomic E-state index is -0.705. The predicted molar refractivity (Wildman–Crippen MR) is 66.0 cm³/mol. The first kappa shape index (κ1) is 14.6. The molecule has 1 aromatic rings. The number of nitro groups is 1. The molecule has 0 saturated carbocycles. The molecule has 0 unspecified atom stereocenters. The van der Waals surface area contributed by atoms with Gasteiger partial charge >= 0.3 is 5.97 Å². The van der Waals surface area contributed by atoms with Crippen LogP contribution in [0.4, 0.5) is 10.1 Å². The first-order chi connectivity index (χ1) is 8.49. The van der Waals surface area contributed by atoms with Gasteiger partial charge in [0.1, 0.15) is 5.82 Å². The van der Waals surface area contributed by atoms with Crippen LogP contribution in [0.2, 0.25) is 0 Å². The average Bonchev–Trinajstić information content (AvgIpc) is 2.30. The van der Waals surface area contributed by atoms with Crippen molar-refractivity contribution in [1.82, 2.24) is 0 Å². The van der Waals surface area contributed by atoms with Crippen molar-refractivity contribution >= 4 is 27.6 Å². The first-order valence-electron chi connectivity index (χ1n) is 5.16. The van der Waals surface area contributed by atoms with Crippen molar-refractivity contribution in [2.45, 2.75) is 18.7 Å². The maximum absolute atomic E-state index is 13.2. The molecule has 0 saturated heterocycles. The lowest BCUT2D eigenvalue weighted by Crippen LogP contribution is -2.11. The third-order valence-corrected chi connectivity index (χ3v) is 2.85. The van der Waals surface area contributed by atoms with E-state index in [-0.39, 0.29) is 23.9 Å². The van der Waals surface area contributed by atoms with Crippen molar-refractivity contribution in [2.24, 2.45) is 0 Å². The van der Waals surface area contributed by atoms with Gasteiger partial charge in [-0.25, -0.2) is 4.39 Å². The predicted octanol–water partition coefficient (Wildman–Crippen LogP) is 2.73. The number of hydrogen-bond acceptors (Lipinski definition) is 4. The van der Waals surface area contributed by atoms with E-state index in [1.165, 1.54) is 0 Å². The number of carbonyl (C=O) groups is 1. The van der Waals surface area contributed by atoms with Gasteiger partial charge in [0.25, 0.3) is 5.69 Å². The van der Waals surface area contributed by atoms with Crippen LogP contribution in [0.3, 0.4) is 0 Å². The molecule has 0 aromatic heterocycles.